The van der Waals surface area contributed by atoms with Crippen LogP contribution in [0.1, 0.15) is 90.9 Å². The zero-order chi connectivity index (χ0) is 43.0. The summed E-state index contributed by atoms with van der Waals surface area (Å²) >= 11 is 0. The number of likely N-dealkylation sites (N-methyl/N-ethyl adjacent to an activating group) is 1. The van der Waals surface area contributed by atoms with Crippen molar-refractivity contribution in [3.05, 3.63) is 0 Å². The number of rotatable bonds is 8. The lowest BCUT2D eigenvalue weighted by molar-refractivity contribution is -0.147. The molecule has 8 aliphatic rings. The third-order valence-corrected chi connectivity index (χ3v) is 15.2. The molecule has 14 nitrogen and oxygen atoms in total. The summed E-state index contributed by atoms with van der Waals surface area (Å²) in [6.45, 7) is 10.4. The average molecular weight is 858 g/mol. The molecule has 0 aromatic rings. The molecule has 3 amide bonds. The Bertz CT molecular complexity index is 1440. The van der Waals surface area contributed by atoms with Crippen molar-refractivity contribution in [3.63, 3.8) is 0 Å². The molecule has 0 aromatic carbocycles. The lowest BCUT2D eigenvalue weighted by atomic mass is 9.64. The van der Waals surface area contributed by atoms with E-state index < -0.39 is 36.3 Å². The van der Waals surface area contributed by atoms with Gasteiger partial charge in [0.2, 0.25) is 5.91 Å². The highest BCUT2D eigenvalue weighted by atomic mass is 19.3. The van der Waals surface area contributed by atoms with Crippen LogP contribution in [0.2, 0.25) is 0 Å². The monoisotopic (exact) mass is 858 g/mol. The highest BCUT2D eigenvalue weighted by molar-refractivity contribution is 5.82. The Morgan fingerprint density at radius 1 is 0.583 bits per heavy atom. The van der Waals surface area contributed by atoms with Crippen LogP contribution in [0.15, 0.2) is 0 Å². The van der Waals surface area contributed by atoms with Crippen molar-refractivity contribution in [2.45, 2.75) is 139 Å². The van der Waals surface area contributed by atoms with E-state index >= 15 is 0 Å². The first-order valence-electron chi connectivity index (χ1n) is 22.4. The smallest absolute Gasteiger partial charge is 0.409 e. The van der Waals surface area contributed by atoms with Crippen molar-refractivity contribution in [1.29, 1.82) is 0 Å². The molecular formula is C42H67F4N7O7. The molecule has 0 bridgehead atoms. The Morgan fingerprint density at radius 3 is 1.37 bits per heavy atom. The number of piperidine rings is 2. The SMILES string of the molecule is CCOC(=O)N1CCC2(CC(N3CCC(N4CC(F)(F)C[C@@H]4C(=O)NC)CC3)C2)C1.CCOC(=O)N1CCC2(CC(N3CCC(N4CC(F)(F)C[C@@H]4C(=O)OC)CC3)C2)C1. The first kappa shape index (κ1) is 45.1. The average Bonchev–Trinajstić information content (AvgIpc) is 4.00. The van der Waals surface area contributed by atoms with Crippen LogP contribution in [0.3, 0.4) is 0 Å². The van der Waals surface area contributed by atoms with Gasteiger partial charge in [-0.2, -0.15) is 0 Å². The van der Waals surface area contributed by atoms with Gasteiger partial charge < -0.3 is 39.1 Å². The van der Waals surface area contributed by atoms with Gasteiger partial charge in [-0.3, -0.25) is 19.4 Å². The maximum absolute atomic E-state index is 14.0. The summed E-state index contributed by atoms with van der Waals surface area (Å²) in [5, 5.41) is 2.54. The zero-order valence-corrected chi connectivity index (χ0v) is 36.0. The molecule has 60 heavy (non-hydrogen) atoms. The fourth-order valence-corrected chi connectivity index (χ4v) is 12.1. The van der Waals surface area contributed by atoms with Crippen LogP contribution in [0.25, 0.3) is 0 Å². The fourth-order valence-electron chi connectivity index (χ4n) is 12.1. The Morgan fingerprint density at radius 2 is 0.983 bits per heavy atom. The van der Waals surface area contributed by atoms with E-state index in [0.717, 1.165) is 117 Å². The van der Waals surface area contributed by atoms with Gasteiger partial charge in [-0.1, -0.05) is 0 Å². The second-order valence-electron chi connectivity index (χ2n) is 19.0. The summed E-state index contributed by atoms with van der Waals surface area (Å²) < 4.78 is 71.0. The molecule has 1 N–H and O–H groups in total. The topological polar surface area (TPSA) is 127 Å². The maximum atomic E-state index is 14.0. The molecule has 6 heterocycles. The molecule has 6 aliphatic heterocycles. The van der Waals surface area contributed by atoms with Crippen LogP contribution >= 0.6 is 0 Å². The predicted molar refractivity (Wildman–Crippen MR) is 213 cm³/mol. The summed E-state index contributed by atoms with van der Waals surface area (Å²) in [7, 11) is 2.77. The van der Waals surface area contributed by atoms with Gasteiger partial charge in [0.25, 0.3) is 11.8 Å². The van der Waals surface area contributed by atoms with Gasteiger partial charge in [0.15, 0.2) is 0 Å². The van der Waals surface area contributed by atoms with E-state index in [1.807, 2.05) is 23.6 Å². The standard InChI is InChI=1S/C21H34F2N4O3.C21H33F2N3O4/c1-3-30-19(29)26-9-6-20(13-26)10-16(11-20)25-7-4-15(5-8-25)27-14-21(22,23)12-17(27)18(28)24-2;1-3-30-19(28)25-9-6-20(13-25)10-16(11-20)24-7-4-15(5-8-24)26-14-21(22,23)12-17(26)18(27)29-2/h15-17H,3-14H2,1-2H3,(H,24,28);15-17H,3-14H2,1-2H3/t2*16?,17-,20?/m11/s1. The number of halogens is 4. The first-order valence-corrected chi connectivity index (χ1v) is 22.4. The molecule has 8 rings (SSSR count). The number of likely N-dealkylation sites (tertiary alicyclic amines) is 6. The lowest BCUT2D eigenvalue weighted by Gasteiger charge is -2.52. The summed E-state index contributed by atoms with van der Waals surface area (Å²) in [6, 6.07) is -0.496. The lowest BCUT2D eigenvalue weighted by Crippen LogP contribution is -2.57. The number of hydrogen-bond donors (Lipinski definition) is 1. The van der Waals surface area contributed by atoms with Crippen molar-refractivity contribution in [2.24, 2.45) is 10.8 Å². The van der Waals surface area contributed by atoms with Crippen LogP contribution in [-0.2, 0) is 23.8 Å². The number of methoxy groups -OCH3 is 1. The molecule has 2 atom stereocenters. The van der Waals surface area contributed by atoms with Gasteiger partial charge in [0.05, 0.1) is 39.5 Å². The molecule has 2 aliphatic carbocycles. The minimum atomic E-state index is -2.83. The number of nitrogens with zero attached hydrogens (tertiary/aromatic N) is 6. The molecule has 0 aromatic heterocycles. The minimum absolute atomic E-state index is 0.00134. The Hall–Kier alpha value is -2.96. The minimum Gasteiger partial charge on any atom is -0.468 e. The van der Waals surface area contributed by atoms with Crippen molar-refractivity contribution in [1.82, 2.24) is 34.7 Å². The van der Waals surface area contributed by atoms with Crippen molar-refractivity contribution >= 4 is 24.1 Å². The Kier molecular flexibility index (Phi) is 13.5. The molecule has 0 unspecified atom stereocenters. The van der Waals surface area contributed by atoms with Crippen LogP contribution in [0.4, 0.5) is 27.2 Å². The van der Waals surface area contributed by atoms with E-state index in [0.29, 0.717) is 25.3 Å². The fraction of sp³-hybridized carbons (Fsp3) is 0.905. The normalized spacial score (nSPS) is 34.9. The van der Waals surface area contributed by atoms with E-state index in [1.165, 1.54) is 14.2 Å². The molecule has 0 radical (unpaired) electrons. The summed E-state index contributed by atoms with van der Waals surface area (Å²) in [5.41, 5.74) is 0.455. The van der Waals surface area contributed by atoms with Crippen molar-refractivity contribution in [3.8, 4) is 0 Å². The van der Waals surface area contributed by atoms with Crippen molar-refractivity contribution in [2.75, 3.05) is 92.8 Å². The van der Waals surface area contributed by atoms with Crippen LogP contribution in [-0.4, -0.2) is 194 Å². The van der Waals surface area contributed by atoms with E-state index in [9.17, 15) is 36.7 Å². The number of amides is 3. The van der Waals surface area contributed by atoms with E-state index in [1.54, 1.807) is 9.80 Å². The van der Waals surface area contributed by atoms with Crippen molar-refractivity contribution < 1.29 is 51.0 Å². The Balaban J connectivity index is 0.000000181. The third kappa shape index (κ3) is 9.65. The van der Waals surface area contributed by atoms with E-state index in [2.05, 4.69) is 15.1 Å². The van der Waals surface area contributed by atoms with E-state index in [-0.39, 0.29) is 60.5 Å². The van der Waals surface area contributed by atoms with Crippen LogP contribution < -0.4 is 5.32 Å². The van der Waals surface area contributed by atoms with Gasteiger partial charge >= 0.3 is 18.2 Å². The highest BCUT2D eigenvalue weighted by Crippen LogP contribution is 2.52. The summed E-state index contributed by atoms with van der Waals surface area (Å²) in [5.74, 6) is -6.48. The van der Waals surface area contributed by atoms with Crippen LogP contribution in [0.5, 0.6) is 0 Å². The van der Waals surface area contributed by atoms with Gasteiger partial charge in [0.1, 0.15) is 6.04 Å². The second kappa shape index (κ2) is 18.0. The van der Waals surface area contributed by atoms with Gasteiger partial charge in [-0.05, 0) is 115 Å². The number of ether oxygens (including phenoxy) is 3. The molecule has 6 saturated heterocycles. The first-order chi connectivity index (χ1) is 28.5. The number of esters is 1. The zero-order valence-electron chi connectivity index (χ0n) is 36.0. The number of carbonyl (C=O) groups is 4. The van der Waals surface area contributed by atoms with Crippen LogP contribution in [0, 0.1) is 10.8 Å². The number of nitrogens with one attached hydrogen (secondary N) is 1. The Labute approximate surface area is 351 Å². The van der Waals surface area contributed by atoms with E-state index in [4.69, 9.17) is 14.2 Å². The van der Waals surface area contributed by atoms with Gasteiger partial charge in [-0.15, -0.1) is 0 Å². The number of alkyl halides is 4. The molecule has 18 heteroatoms. The molecule has 2 saturated carbocycles. The largest absolute Gasteiger partial charge is 0.468 e. The molecule has 8 fully saturated rings. The maximum Gasteiger partial charge on any atom is 0.409 e. The summed E-state index contributed by atoms with van der Waals surface area (Å²) in [4.78, 5) is 60.1. The molecular weight excluding hydrogens is 790 g/mol. The number of carbonyl (C=O) groups excluding carboxylic acids is 4. The quantitative estimate of drug-likeness (QED) is 0.214. The van der Waals surface area contributed by atoms with Gasteiger partial charge in [-0.25, -0.2) is 27.2 Å². The highest BCUT2D eigenvalue weighted by Gasteiger charge is 2.55. The molecule has 2 spiro atoms. The predicted octanol–water partition coefficient (Wildman–Crippen LogP) is 4.26. The number of hydrogen-bond acceptors (Lipinski definition) is 11. The second-order valence-corrected chi connectivity index (χ2v) is 19.0. The van der Waals surface area contributed by atoms with Gasteiger partial charge in [0, 0.05) is 70.2 Å². The summed E-state index contributed by atoms with van der Waals surface area (Å²) in [6.07, 6.45) is 8.42. The third-order valence-electron chi connectivity index (χ3n) is 15.2. The molecule has 340 valence electrons.